The van der Waals surface area contributed by atoms with E-state index in [9.17, 15) is 5.11 Å². The number of aliphatic hydroxyl groups is 1. The van der Waals surface area contributed by atoms with Gasteiger partial charge in [0, 0.05) is 12.6 Å². The number of nitrogens with zero attached hydrogens (tertiary/aromatic N) is 1. The zero-order valence-electron chi connectivity index (χ0n) is 11.4. The van der Waals surface area contributed by atoms with Gasteiger partial charge in [-0.2, -0.15) is 5.26 Å². The van der Waals surface area contributed by atoms with Crippen molar-refractivity contribution < 1.29 is 5.11 Å². The van der Waals surface area contributed by atoms with Crippen LogP contribution in [0.25, 0.3) is 0 Å². The number of nitrogens with one attached hydrogen (secondary N) is 1. The van der Waals surface area contributed by atoms with Gasteiger partial charge in [0.25, 0.3) is 0 Å². The second-order valence-corrected chi connectivity index (χ2v) is 4.82. The third kappa shape index (κ3) is 4.14. The van der Waals surface area contributed by atoms with Gasteiger partial charge in [0.15, 0.2) is 0 Å². The second kappa shape index (κ2) is 7.15. The van der Waals surface area contributed by atoms with Gasteiger partial charge in [0.1, 0.15) is 0 Å². The fourth-order valence-corrected chi connectivity index (χ4v) is 1.73. The largest absolute Gasteiger partial charge is 0.392 e. The fourth-order valence-electron chi connectivity index (χ4n) is 1.73. The van der Waals surface area contributed by atoms with Crippen LogP contribution >= 0.6 is 0 Å². The molecule has 1 aromatic carbocycles. The smallest absolute Gasteiger partial charge is 0.0991 e. The molecule has 0 aliphatic rings. The zero-order chi connectivity index (χ0) is 13.5. The molecule has 1 aromatic rings. The Kier molecular flexibility index (Phi) is 5.84. The normalized spacial score (nSPS) is 15.7. The Labute approximate surface area is 109 Å². The van der Waals surface area contributed by atoms with Crippen molar-refractivity contribution in [1.29, 1.82) is 5.26 Å². The van der Waals surface area contributed by atoms with Crippen molar-refractivity contribution in [2.45, 2.75) is 39.3 Å². The summed E-state index contributed by atoms with van der Waals surface area (Å²) < 4.78 is 0. The lowest BCUT2D eigenvalue weighted by molar-refractivity contribution is 0.110. The topological polar surface area (TPSA) is 56.0 Å². The summed E-state index contributed by atoms with van der Waals surface area (Å²) in [5.74, 6) is 0.311. The van der Waals surface area contributed by atoms with E-state index in [1.54, 1.807) is 0 Å². The standard InChI is InChI=1S/C15H22N2O/c1-4-11(2)15(18)10-17-12(3)14-7-5-13(9-16)6-8-14/h5-8,11-12,15,17-18H,4,10H2,1-3H3. The summed E-state index contributed by atoms with van der Waals surface area (Å²) in [7, 11) is 0. The molecule has 0 aliphatic heterocycles. The number of aliphatic hydroxyl groups excluding tert-OH is 1. The first kappa shape index (κ1) is 14.7. The molecule has 3 nitrogen and oxygen atoms in total. The van der Waals surface area contributed by atoms with Gasteiger partial charge >= 0.3 is 0 Å². The van der Waals surface area contributed by atoms with Gasteiger partial charge in [-0.05, 0) is 30.5 Å². The van der Waals surface area contributed by atoms with Crippen LogP contribution in [0.2, 0.25) is 0 Å². The third-order valence-corrected chi connectivity index (χ3v) is 3.47. The molecule has 3 unspecified atom stereocenters. The van der Waals surface area contributed by atoms with Crippen molar-refractivity contribution in [3.05, 3.63) is 35.4 Å². The molecule has 98 valence electrons. The number of benzene rings is 1. The van der Waals surface area contributed by atoms with Gasteiger partial charge in [0.2, 0.25) is 0 Å². The Balaban J connectivity index is 2.50. The van der Waals surface area contributed by atoms with Crippen molar-refractivity contribution in [3.63, 3.8) is 0 Å². The lowest BCUT2D eigenvalue weighted by atomic mass is 10.0. The molecular formula is C15H22N2O. The highest BCUT2D eigenvalue weighted by Crippen LogP contribution is 2.14. The maximum Gasteiger partial charge on any atom is 0.0991 e. The lowest BCUT2D eigenvalue weighted by Crippen LogP contribution is -2.33. The number of hydrogen-bond acceptors (Lipinski definition) is 3. The molecule has 0 spiro atoms. The molecule has 0 amide bonds. The van der Waals surface area contributed by atoms with Crippen LogP contribution in [0.15, 0.2) is 24.3 Å². The predicted octanol–water partition coefficient (Wildman–Crippen LogP) is 2.62. The van der Waals surface area contributed by atoms with Crippen molar-refractivity contribution in [2.75, 3.05) is 6.54 Å². The molecule has 3 heteroatoms. The van der Waals surface area contributed by atoms with Crippen LogP contribution in [0.1, 0.15) is 44.4 Å². The lowest BCUT2D eigenvalue weighted by Gasteiger charge is -2.21. The van der Waals surface area contributed by atoms with E-state index in [1.807, 2.05) is 24.3 Å². The van der Waals surface area contributed by atoms with Crippen LogP contribution in [-0.4, -0.2) is 17.8 Å². The van der Waals surface area contributed by atoms with Gasteiger partial charge in [-0.25, -0.2) is 0 Å². The molecule has 0 heterocycles. The molecule has 1 rings (SSSR count). The Morgan fingerprint density at radius 2 is 1.89 bits per heavy atom. The van der Waals surface area contributed by atoms with Gasteiger partial charge < -0.3 is 10.4 Å². The van der Waals surface area contributed by atoms with Gasteiger partial charge in [0.05, 0.1) is 17.7 Å². The average Bonchev–Trinajstić information content (AvgIpc) is 2.43. The zero-order valence-corrected chi connectivity index (χ0v) is 11.4. The minimum atomic E-state index is -0.309. The van der Waals surface area contributed by atoms with Crippen LogP contribution in [0, 0.1) is 17.2 Å². The van der Waals surface area contributed by atoms with E-state index >= 15 is 0 Å². The molecule has 0 saturated heterocycles. The van der Waals surface area contributed by atoms with Crippen molar-refractivity contribution >= 4 is 0 Å². The molecule has 18 heavy (non-hydrogen) atoms. The SMILES string of the molecule is CCC(C)C(O)CNC(C)c1ccc(C#N)cc1. The molecular weight excluding hydrogens is 224 g/mol. The highest BCUT2D eigenvalue weighted by molar-refractivity contribution is 5.32. The molecule has 0 aliphatic carbocycles. The first-order valence-electron chi connectivity index (χ1n) is 6.50. The summed E-state index contributed by atoms with van der Waals surface area (Å²) in [5, 5.41) is 21.9. The Hall–Kier alpha value is -1.37. The quantitative estimate of drug-likeness (QED) is 0.811. The van der Waals surface area contributed by atoms with Crippen molar-refractivity contribution in [1.82, 2.24) is 5.32 Å². The van der Waals surface area contributed by atoms with E-state index in [0.717, 1.165) is 12.0 Å². The van der Waals surface area contributed by atoms with Crippen molar-refractivity contribution in [2.24, 2.45) is 5.92 Å². The van der Waals surface area contributed by atoms with E-state index in [2.05, 4.69) is 32.2 Å². The maximum absolute atomic E-state index is 9.89. The van der Waals surface area contributed by atoms with E-state index < -0.39 is 0 Å². The van der Waals surface area contributed by atoms with Gasteiger partial charge in [-0.3, -0.25) is 0 Å². The minimum absolute atomic E-state index is 0.177. The Morgan fingerprint density at radius 1 is 1.28 bits per heavy atom. The predicted molar refractivity (Wildman–Crippen MR) is 73.0 cm³/mol. The summed E-state index contributed by atoms with van der Waals surface area (Å²) in [5.41, 5.74) is 1.80. The molecule has 0 saturated carbocycles. The summed E-state index contributed by atoms with van der Waals surface area (Å²) in [6.07, 6.45) is 0.671. The first-order valence-corrected chi connectivity index (χ1v) is 6.50. The molecule has 0 radical (unpaired) electrons. The molecule has 0 aromatic heterocycles. The van der Waals surface area contributed by atoms with Crippen LogP contribution in [0.3, 0.4) is 0 Å². The Bertz CT molecular complexity index is 394. The van der Waals surface area contributed by atoms with E-state index in [4.69, 9.17) is 5.26 Å². The fraction of sp³-hybridized carbons (Fsp3) is 0.533. The van der Waals surface area contributed by atoms with Crippen LogP contribution < -0.4 is 5.32 Å². The molecule has 2 N–H and O–H groups in total. The van der Waals surface area contributed by atoms with E-state index in [-0.39, 0.29) is 12.1 Å². The summed E-state index contributed by atoms with van der Waals surface area (Å²) >= 11 is 0. The van der Waals surface area contributed by atoms with Crippen LogP contribution in [-0.2, 0) is 0 Å². The molecule has 3 atom stereocenters. The first-order chi connectivity index (χ1) is 8.58. The Morgan fingerprint density at radius 3 is 2.39 bits per heavy atom. The number of hydrogen-bond donors (Lipinski definition) is 2. The number of nitriles is 1. The molecule has 0 fully saturated rings. The van der Waals surface area contributed by atoms with Crippen molar-refractivity contribution in [3.8, 4) is 6.07 Å². The van der Waals surface area contributed by atoms with Crippen LogP contribution in [0.5, 0.6) is 0 Å². The summed E-state index contributed by atoms with van der Waals surface area (Å²) in [6, 6.07) is 9.82. The van der Waals surface area contributed by atoms with E-state index in [0.29, 0.717) is 18.0 Å². The minimum Gasteiger partial charge on any atom is -0.392 e. The highest BCUT2D eigenvalue weighted by Gasteiger charge is 2.13. The monoisotopic (exact) mass is 246 g/mol. The second-order valence-electron chi connectivity index (χ2n) is 4.82. The van der Waals surface area contributed by atoms with Gasteiger partial charge in [-0.1, -0.05) is 32.4 Å². The third-order valence-electron chi connectivity index (χ3n) is 3.47. The maximum atomic E-state index is 9.89. The molecule has 0 bridgehead atoms. The average molecular weight is 246 g/mol. The number of rotatable bonds is 6. The summed E-state index contributed by atoms with van der Waals surface area (Å²) in [4.78, 5) is 0. The highest BCUT2D eigenvalue weighted by atomic mass is 16.3. The summed E-state index contributed by atoms with van der Waals surface area (Å²) in [6.45, 7) is 6.79. The van der Waals surface area contributed by atoms with Gasteiger partial charge in [-0.15, -0.1) is 0 Å². The van der Waals surface area contributed by atoms with E-state index in [1.165, 1.54) is 0 Å². The van der Waals surface area contributed by atoms with Crippen LogP contribution in [0.4, 0.5) is 0 Å².